The minimum absolute atomic E-state index is 1.06. The van der Waals surface area contributed by atoms with E-state index in [4.69, 9.17) is 11.6 Å². The van der Waals surface area contributed by atoms with Gasteiger partial charge < -0.3 is 0 Å². The van der Waals surface area contributed by atoms with Crippen LogP contribution in [-0.4, -0.2) is 10.2 Å². The molecule has 1 aromatic rings. The van der Waals surface area contributed by atoms with E-state index in [-0.39, 0.29) is 0 Å². The van der Waals surface area contributed by atoms with Crippen molar-refractivity contribution in [1.29, 1.82) is 0 Å². The van der Waals surface area contributed by atoms with Gasteiger partial charge in [0.15, 0.2) is 0 Å². The van der Waals surface area contributed by atoms with E-state index in [9.17, 15) is 0 Å². The van der Waals surface area contributed by atoms with Gasteiger partial charge in [-0.15, -0.1) is 0 Å². The van der Waals surface area contributed by atoms with E-state index in [1.54, 1.807) is 11.1 Å². The van der Waals surface area contributed by atoms with Gasteiger partial charge in [0, 0.05) is 15.3 Å². The maximum Gasteiger partial charge on any atom is 0.0425 e. The van der Waals surface area contributed by atoms with E-state index in [1.165, 1.54) is 125 Å². The SMILES string of the molecule is CCCCCCCCCCCCCCCCCCc1c([SiH3])c(Cl)c(CC)c(C)c1CC. The van der Waals surface area contributed by atoms with Crippen LogP contribution in [0.4, 0.5) is 0 Å². The Bertz CT molecular complexity index is 593. The molecule has 0 nitrogen and oxygen atoms in total. The number of hydrogen-bond acceptors (Lipinski definition) is 0. The summed E-state index contributed by atoms with van der Waals surface area (Å²) in [7, 11) is 1.07. The second kappa shape index (κ2) is 18.2. The molecule has 0 fully saturated rings. The molecule has 1 rings (SSSR count). The van der Waals surface area contributed by atoms with Crippen molar-refractivity contribution in [2.75, 3.05) is 0 Å². The van der Waals surface area contributed by atoms with Gasteiger partial charge in [0.25, 0.3) is 0 Å². The van der Waals surface area contributed by atoms with Crippen LogP contribution in [0.25, 0.3) is 0 Å². The molecule has 0 saturated heterocycles. The minimum atomic E-state index is 1.06. The number of benzene rings is 1. The lowest BCUT2D eigenvalue weighted by Gasteiger charge is -2.20. The molecular formula is C29H53ClSi. The van der Waals surface area contributed by atoms with Crippen LogP contribution in [0, 0.1) is 6.92 Å². The van der Waals surface area contributed by atoms with Crippen LogP contribution in [0.2, 0.25) is 5.02 Å². The highest BCUT2D eigenvalue weighted by Gasteiger charge is 2.15. The van der Waals surface area contributed by atoms with Crippen LogP contribution in [-0.2, 0) is 19.3 Å². The van der Waals surface area contributed by atoms with Gasteiger partial charge in [-0.25, -0.2) is 0 Å². The first-order chi connectivity index (χ1) is 15.1. The standard InChI is InChI=1S/C29H53ClSi/c1-5-8-9-10-11-12-13-14-15-16-17-18-19-20-21-22-23-27-25(6-2)24(4)26(7-3)28(30)29(27)31/h5-23H2,1-4,31H3. The van der Waals surface area contributed by atoms with Crippen LogP contribution in [0.5, 0.6) is 0 Å². The maximum atomic E-state index is 6.74. The van der Waals surface area contributed by atoms with Gasteiger partial charge in [-0.05, 0) is 60.0 Å². The highest BCUT2D eigenvalue weighted by atomic mass is 35.5. The average molecular weight is 465 g/mol. The first kappa shape index (κ1) is 28.8. The molecule has 0 aromatic heterocycles. The molecule has 0 aliphatic heterocycles. The first-order valence-corrected chi connectivity index (χ1v) is 15.2. The Kier molecular flexibility index (Phi) is 16.9. The normalized spacial score (nSPS) is 11.5. The third kappa shape index (κ3) is 10.9. The Morgan fingerprint density at radius 3 is 1.32 bits per heavy atom. The second-order valence-electron chi connectivity index (χ2n) is 9.76. The van der Waals surface area contributed by atoms with Gasteiger partial charge in [-0.3, -0.25) is 0 Å². The highest BCUT2D eigenvalue weighted by Crippen LogP contribution is 2.27. The van der Waals surface area contributed by atoms with Crippen molar-refractivity contribution in [2.45, 2.75) is 150 Å². The summed E-state index contributed by atoms with van der Waals surface area (Å²) >= 11 is 6.74. The molecule has 31 heavy (non-hydrogen) atoms. The summed E-state index contributed by atoms with van der Waals surface area (Å²) in [5, 5.41) is 2.58. The third-order valence-corrected chi connectivity index (χ3v) is 9.24. The van der Waals surface area contributed by atoms with Crippen LogP contribution in [0.3, 0.4) is 0 Å². The van der Waals surface area contributed by atoms with E-state index in [0.717, 1.165) is 28.1 Å². The Hall–Kier alpha value is -0.273. The number of hydrogen-bond donors (Lipinski definition) is 0. The molecule has 0 bridgehead atoms. The molecular weight excluding hydrogens is 412 g/mol. The van der Waals surface area contributed by atoms with Crippen LogP contribution >= 0.6 is 11.6 Å². The Morgan fingerprint density at radius 2 is 0.935 bits per heavy atom. The molecule has 0 unspecified atom stereocenters. The largest absolute Gasteiger partial charge is 0.0842 e. The lowest BCUT2D eigenvalue weighted by molar-refractivity contribution is 0.529. The zero-order valence-corrected chi connectivity index (χ0v) is 24.6. The van der Waals surface area contributed by atoms with Gasteiger partial charge in [0.2, 0.25) is 0 Å². The molecule has 0 radical (unpaired) electrons. The minimum Gasteiger partial charge on any atom is -0.0842 e. The van der Waals surface area contributed by atoms with E-state index < -0.39 is 0 Å². The Labute approximate surface area is 203 Å². The lowest BCUT2D eigenvalue weighted by atomic mass is 9.91. The van der Waals surface area contributed by atoms with Crippen molar-refractivity contribution in [3.8, 4) is 0 Å². The summed E-state index contributed by atoms with van der Waals surface area (Å²) in [5.74, 6) is 0. The van der Waals surface area contributed by atoms with Gasteiger partial charge >= 0.3 is 0 Å². The maximum absolute atomic E-state index is 6.74. The predicted octanol–water partition coefficient (Wildman–Crippen LogP) is 8.57. The van der Waals surface area contributed by atoms with Crippen molar-refractivity contribution in [3.05, 3.63) is 27.3 Å². The van der Waals surface area contributed by atoms with Crippen LogP contribution < -0.4 is 5.19 Å². The van der Waals surface area contributed by atoms with Crippen molar-refractivity contribution in [1.82, 2.24) is 0 Å². The second-order valence-corrected chi connectivity index (χ2v) is 11.1. The highest BCUT2D eigenvalue weighted by molar-refractivity contribution is 6.46. The fourth-order valence-corrected chi connectivity index (χ4v) is 6.49. The summed E-state index contributed by atoms with van der Waals surface area (Å²) in [6.07, 6.45) is 26.4. The number of rotatable bonds is 19. The summed E-state index contributed by atoms with van der Waals surface area (Å²) in [6, 6.07) is 0. The summed E-state index contributed by atoms with van der Waals surface area (Å²) in [6.45, 7) is 9.15. The monoisotopic (exact) mass is 464 g/mol. The van der Waals surface area contributed by atoms with Gasteiger partial charge in [-0.1, -0.05) is 129 Å². The molecule has 0 aliphatic carbocycles. The van der Waals surface area contributed by atoms with E-state index >= 15 is 0 Å². The predicted molar refractivity (Wildman–Crippen MR) is 148 cm³/mol. The molecule has 0 saturated carbocycles. The van der Waals surface area contributed by atoms with E-state index in [2.05, 4.69) is 27.7 Å². The fourth-order valence-electron chi connectivity index (χ4n) is 5.25. The zero-order chi connectivity index (χ0) is 22.9. The van der Waals surface area contributed by atoms with Crippen molar-refractivity contribution in [2.24, 2.45) is 0 Å². The fraction of sp³-hybridized carbons (Fsp3) is 0.793. The van der Waals surface area contributed by atoms with Crippen molar-refractivity contribution >= 4 is 27.0 Å². The number of halogens is 1. The molecule has 1 aromatic carbocycles. The smallest absolute Gasteiger partial charge is 0.0425 e. The van der Waals surface area contributed by atoms with Gasteiger partial charge in [-0.2, -0.15) is 0 Å². The van der Waals surface area contributed by atoms with Gasteiger partial charge in [0.1, 0.15) is 0 Å². The molecule has 0 amide bonds. The third-order valence-electron chi connectivity index (χ3n) is 7.30. The van der Waals surface area contributed by atoms with Crippen molar-refractivity contribution in [3.63, 3.8) is 0 Å². The van der Waals surface area contributed by atoms with E-state index in [0.29, 0.717) is 0 Å². The quantitative estimate of drug-likeness (QED) is 0.142. The molecule has 0 aliphatic rings. The van der Waals surface area contributed by atoms with Crippen molar-refractivity contribution < 1.29 is 0 Å². The van der Waals surface area contributed by atoms with Crippen LogP contribution in [0.15, 0.2) is 0 Å². The molecule has 0 heterocycles. The van der Waals surface area contributed by atoms with Crippen LogP contribution in [0.1, 0.15) is 146 Å². The molecule has 0 N–H and O–H groups in total. The molecule has 0 atom stereocenters. The zero-order valence-electron chi connectivity index (χ0n) is 21.8. The molecule has 0 spiro atoms. The van der Waals surface area contributed by atoms with E-state index in [1.807, 2.05) is 0 Å². The Morgan fingerprint density at radius 1 is 0.548 bits per heavy atom. The summed E-state index contributed by atoms with van der Waals surface area (Å²) in [4.78, 5) is 0. The Balaban J connectivity index is 2.10. The molecule has 2 heteroatoms. The number of unbranched alkanes of at least 4 members (excludes halogenated alkanes) is 15. The lowest BCUT2D eigenvalue weighted by Crippen LogP contribution is -2.19. The summed E-state index contributed by atoms with van der Waals surface area (Å²) in [5.41, 5.74) is 6.09. The topological polar surface area (TPSA) is 0 Å². The molecule has 180 valence electrons. The van der Waals surface area contributed by atoms with Gasteiger partial charge in [0.05, 0.1) is 0 Å². The summed E-state index contributed by atoms with van der Waals surface area (Å²) < 4.78 is 0. The first-order valence-electron chi connectivity index (χ1n) is 13.9. The average Bonchev–Trinajstić information content (AvgIpc) is 2.77.